The molecule has 8 nitrogen and oxygen atoms in total. The molecule has 0 spiro atoms. The molecule has 0 unspecified atom stereocenters. The fraction of sp³-hybridized carbons (Fsp3) is 0.345. The molecule has 0 fully saturated rings. The molecule has 1 aliphatic heterocycles. The highest BCUT2D eigenvalue weighted by molar-refractivity contribution is 6.04. The number of nitrogens with one attached hydrogen (secondary N) is 1. The molecule has 1 N–H and O–H groups in total. The van der Waals surface area contributed by atoms with Gasteiger partial charge in [0.1, 0.15) is 0 Å². The lowest BCUT2D eigenvalue weighted by atomic mass is 9.71. The molecule has 2 aromatic carbocycles. The second-order valence-electron chi connectivity index (χ2n) is 8.97. The minimum atomic E-state index is -0.610. The second-order valence-corrected chi connectivity index (χ2v) is 8.97. The van der Waals surface area contributed by atoms with Crippen LogP contribution < -0.4 is 14.8 Å². The molecule has 2 aliphatic rings. The molecule has 0 radical (unpaired) electrons. The van der Waals surface area contributed by atoms with E-state index in [1.54, 1.807) is 45.4 Å². The van der Waals surface area contributed by atoms with Gasteiger partial charge >= 0.3 is 11.9 Å². The Morgan fingerprint density at radius 3 is 2.22 bits per heavy atom. The summed E-state index contributed by atoms with van der Waals surface area (Å²) in [5, 5.41) is 3.34. The maximum absolute atomic E-state index is 13.7. The zero-order valence-electron chi connectivity index (χ0n) is 21.7. The molecule has 194 valence electrons. The average Bonchev–Trinajstić information content (AvgIpc) is 2.91. The van der Waals surface area contributed by atoms with Crippen LogP contribution in [0.15, 0.2) is 65.0 Å². The van der Waals surface area contributed by atoms with Crippen LogP contribution in [-0.2, 0) is 19.1 Å². The van der Waals surface area contributed by atoms with Crippen molar-refractivity contribution in [2.75, 3.05) is 27.9 Å². The number of carbonyl (C=O) groups is 3. The smallest absolute Gasteiger partial charge is 0.337 e. The van der Waals surface area contributed by atoms with Gasteiger partial charge in [0.2, 0.25) is 0 Å². The number of benzene rings is 2. The Labute approximate surface area is 216 Å². The molecule has 2 atom stereocenters. The van der Waals surface area contributed by atoms with E-state index in [2.05, 4.69) is 5.32 Å². The number of dihydropyridines is 1. The van der Waals surface area contributed by atoms with Crippen molar-refractivity contribution in [3.63, 3.8) is 0 Å². The van der Waals surface area contributed by atoms with E-state index >= 15 is 0 Å². The van der Waals surface area contributed by atoms with Gasteiger partial charge in [0, 0.05) is 29.3 Å². The van der Waals surface area contributed by atoms with E-state index in [1.165, 1.54) is 7.11 Å². The lowest BCUT2D eigenvalue weighted by Crippen LogP contribution is -2.36. The Morgan fingerprint density at radius 1 is 0.919 bits per heavy atom. The second kappa shape index (κ2) is 10.9. The highest BCUT2D eigenvalue weighted by atomic mass is 16.5. The van der Waals surface area contributed by atoms with Crippen LogP contribution in [0.2, 0.25) is 0 Å². The van der Waals surface area contributed by atoms with Crippen molar-refractivity contribution in [1.82, 2.24) is 5.32 Å². The van der Waals surface area contributed by atoms with Gasteiger partial charge in [-0.15, -0.1) is 0 Å². The number of rotatable bonds is 7. The Kier molecular flexibility index (Phi) is 7.66. The predicted octanol–water partition coefficient (Wildman–Crippen LogP) is 4.42. The number of methoxy groups -OCH3 is 3. The minimum Gasteiger partial charge on any atom is -0.493 e. The molecule has 2 aromatic rings. The summed E-state index contributed by atoms with van der Waals surface area (Å²) in [5.74, 6) is -0.439. The molecule has 37 heavy (non-hydrogen) atoms. The molecular weight excluding hydrogens is 474 g/mol. The van der Waals surface area contributed by atoms with Crippen molar-refractivity contribution in [1.29, 1.82) is 0 Å². The molecule has 1 heterocycles. The summed E-state index contributed by atoms with van der Waals surface area (Å²) in [5.41, 5.74) is 4.44. The third kappa shape index (κ3) is 4.96. The van der Waals surface area contributed by atoms with Crippen molar-refractivity contribution in [3.05, 3.63) is 81.7 Å². The first-order valence-electron chi connectivity index (χ1n) is 12.1. The number of allylic oxidation sites excluding steroid dienone is 3. The summed E-state index contributed by atoms with van der Waals surface area (Å²) in [7, 11) is 4.48. The SMILES string of the molecule is CCOC(=O)C1=C(C)NC2=C(C(=O)C[C@H](c3ccc(OC)c(OC)c3)C2)[C@H]1c1ccc(C(=O)OC)cc1. The van der Waals surface area contributed by atoms with E-state index in [1.807, 2.05) is 25.1 Å². The topological polar surface area (TPSA) is 100 Å². The molecule has 8 heteroatoms. The van der Waals surface area contributed by atoms with Crippen LogP contribution in [-0.4, -0.2) is 45.7 Å². The normalized spacial score (nSPS) is 19.1. The summed E-state index contributed by atoms with van der Waals surface area (Å²) >= 11 is 0. The van der Waals surface area contributed by atoms with E-state index in [0.717, 1.165) is 16.8 Å². The third-order valence-electron chi connectivity index (χ3n) is 6.87. The van der Waals surface area contributed by atoms with E-state index in [0.29, 0.717) is 40.3 Å². The molecule has 1 aliphatic carbocycles. The van der Waals surface area contributed by atoms with Gasteiger partial charge in [0.25, 0.3) is 0 Å². The number of ketones is 1. The third-order valence-corrected chi connectivity index (χ3v) is 6.87. The van der Waals surface area contributed by atoms with Crippen molar-refractivity contribution in [3.8, 4) is 11.5 Å². The minimum absolute atomic E-state index is 0.0510. The lowest BCUT2D eigenvalue weighted by Gasteiger charge is -2.36. The Morgan fingerprint density at radius 2 is 1.59 bits per heavy atom. The quantitative estimate of drug-likeness (QED) is 0.552. The van der Waals surface area contributed by atoms with Crippen molar-refractivity contribution in [2.24, 2.45) is 0 Å². The molecule has 0 saturated heterocycles. The highest BCUT2D eigenvalue weighted by Crippen LogP contribution is 2.46. The zero-order valence-corrected chi connectivity index (χ0v) is 21.7. The first-order valence-corrected chi connectivity index (χ1v) is 12.1. The fourth-order valence-corrected chi connectivity index (χ4v) is 5.12. The van der Waals surface area contributed by atoms with Crippen molar-refractivity contribution < 1.29 is 33.3 Å². The summed E-state index contributed by atoms with van der Waals surface area (Å²) in [4.78, 5) is 38.7. The van der Waals surface area contributed by atoms with Gasteiger partial charge in [-0.1, -0.05) is 18.2 Å². The van der Waals surface area contributed by atoms with Crippen LogP contribution >= 0.6 is 0 Å². The van der Waals surface area contributed by atoms with Crippen molar-refractivity contribution in [2.45, 2.75) is 38.5 Å². The van der Waals surface area contributed by atoms with Gasteiger partial charge in [-0.25, -0.2) is 9.59 Å². The summed E-state index contributed by atoms with van der Waals surface area (Å²) in [6.07, 6.45) is 0.864. The predicted molar refractivity (Wildman–Crippen MR) is 137 cm³/mol. The van der Waals surface area contributed by atoms with Gasteiger partial charge in [0.15, 0.2) is 17.3 Å². The average molecular weight is 506 g/mol. The van der Waals surface area contributed by atoms with Crippen LogP contribution in [0.1, 0.15) is 60.0 Å². The lowest BCUT2D eigenvalue weighted by molar-refractivity contribution is -0.138. The van der Waals surface area contributed by atoms with Crippen LogP contribution in [0, 0.1) is 0 Å². The van der Waals surface area contributed by atoms with Crippen molar-refractivity contribution >= 4 is 17.7 Å². The van der Waals surface area contributed by atoms with E-state index < -0.39 is 17.9 Å². The van der Waals surface area contributed by atoms with Gasteiger partial charge in [-0.2, -0.15) is 0 Å². The number of Topliss-reactive ketones (excluding diaryl/α,β-unsaturated/α-hetero) is 1. The Balaban J connectivity index is 1.77. The van der Waals surface area contributed by atoms with Gasteiger partial charge < -0.3 is 24.3 Å². The fourth-order valence-electron chi connectivity index (χ4n) is 5.12. The molecule has 4 rings (SSSR count). The number of carbonyl (C=O) groups excluding carboxylic acids is 3. The largest absolute Gasteiger partial charge is 0.493 e. The zero-order chi connectivity index (χ0) is 26.7. The summed E-state index contributed by atoms with van der Waals surface area (Å²) in [6, 6.07) is 12.5. The Bertz CT molecular complexity index is 1290. The number of hydrogen-bond acceptors (Lipinski definition) is 8. The molecular formula is C29H31NO7. The molecule has 0 saturated carbocycles. The first kappa shape index (κ1) is 26.0. The standard InChI is InChI=1S/C29H31NO7/c1-6-37-29(33)25-16(2)30-21-13-20(19-11-12-23(34-3)24(15-19)35-4)14-22(31)27(21)26(25)17-7-9-18(10-8-17)28(32)36-5/h7-12,15,20,26,30H,6,13-14H2,1-5H3/t20-,26+/m1/s1. The highest BCUT2D eigenvalue weighted by Gasteiger charge is 2.41. The van der Waals surface area contributed by atoms with Gasteiger partial charge in [-0.3, -0.25) is 4.79 Å². The van der Waals surface area contributed by atoms with Crippen LogP contribution in [0.25, 0.3) is 0 Å². The van der Waals surface area contributed by atoms with Crippen LogP contribution in [0.3, 0.4) is 0 Å². The summed E-state index contributed by atoms with van der Waals surface area (Å²) < 4.78 is 21.0. The van der Waals surface area contributed by atoms with E-state index in [4.69, 9.17) is 18.9 Å². The van der Waals surface area contributed by atoms with Crippen LogP contribution in [0.4, 0.5) is 0 Å². The van der Waals surface area contributed by atoms with Crippen LogP contribution in [0.5, 0.6) is 11.5 Å². The van der Waals surface area contributed by atoms with E-state index in [-0.39, 0.29) is 24.7 Å². The molecule has 0 bridgehead atoms. The number of ether oxygens (including phenoxy) is 4. The summed E-state index contributed by atoms with van der Waals surface area (Å²) in [6.45, 7) is 3.77. The number of esters is 2. The maximum Gasteiger partial charge on any atom is 0.337 e. The van der Waals surface area contributed by atoms with Gasteiger partial charge in [0.05, 0.1) is 39.1 Å². The van der Waals surface area contributed by atoms with Gasteiger partial charge in [-0.05, 0) is 61.6 Å². The molecule has 0 aromatic heterocycles. The monoisotopic (exact) mass is 505 g/mol. The number of hydrogen-bond donors (Lipinski definition) is 1. The molecule has 0 amide bonds. The maximum atomic E-state index is 13.7. The first-order chi connectivity index (χ1) is 17.8. The van der Waals surface area contributed by atoms with E-state index in [9.17, 15) is 14.4 Å². The Hall–Kier alpha value is -4.07.